The second-order valence-corrected chi connectivity index (χ2v) is 6.73. The Morgan fingerprint density at radius 2 is 1.92 bits per heavy atom. The number of carbonyl (C=O) groups excluding carboxylic acids is 2. The Morgan fingerprint density at radius 3 is 2.52 bits per heavy atom. The van der Waals surface area contributed by atoms with E-state index in [4.69, 9.17) is 0 Å². The molecule has 1 aliphatic rings. The summed E-state index contributed by atoms with van der Waals surface area (Å²) in [7, 11) is 1.81. The van der Waals surface area contributed by atoms with E-state index in [9.17, 15) is 9.59 Å². The molecule has 1 saturated heterocycles. The first-order valence-electron chi connectivity index (χ1n) is 8.52. The van der Waals surface area contributed by atoms with E-state index in [-0.39, 0.29) is 11.8 Å². The molecule has 0 aliphatic carbocycles. The van der Waals surface area contributed by atoms with Gasteiger partial charge in [0.2, 0.25) is 5.91 Å². The van der Waals surface area contributed by atoms with Crippen LogP contribution in [0, 0.1) is 20.8 Å². The van der Waals surface area contributed by atoms with Crippen LogP contribution in [0.2, 0.25) is 0 Å². The molecule has 1 fully saturated rings. The number of likely N-dealkylation sites (tertiary alicyclic amines) is 1. The van der Waals surface area contributed by atoms with Crippen molar-refractivity contribution >= 4 is 11.8 Å². The molecule has 25 heavy (non-hydrogen) atoms. The van der Waals surface area contributed by atoms with Crippen LogP contribution in [0.25, 0.3) is 0 Å². The fourth-order valence-corrected chi connectivity index (χ4v) is 3.28. The van der Waals surface area contributed by atoms with Crippen LogP contribution < -0.4 is 5.32 Å². The minimum absolute atomic E-state index is 0.0203. The standard InChI is InChI=1S/C19H24N4O2/c1-12-5-7-15(8-6-12)11-23-10-9-16(19(23)25)20-18(24)17-13(2)21-22(4)14(17)3/h5-8,16H,9-11H2,1-4H3,(H,20,24). The first-order chi connectivity index (χ1) is 11.9. The highest BCUT2D eigenvalue weighted by molar-refractivity contribution is 5.99. The molecule has 0 bridgehead atoms. The summed E-state index contributed by atoms with van der Waals surface area (Å²) >= 11 is 0. The van der Waals surface area contributed by atoms with Gasteiger partial charge in [-0.05, 0) is 32.8 Å². The Hall–Kier alpha value is -2.63. The third-order valence-corrected chi connectivity index (χ3v) is 4.83. The number of aromatic nitrogens is 2. The zero-order valence-corrected chi connectivity index (χ0v) is 15.2. The van der Waals surface area contributed by atoms with Gasteiger partial charge in [0.15, 0.2) is 0 Å². The molecular formula is C19H24N4O2. The van der Waals surface area contributed by atoms with Crippen LogP contribution >= 0.6 is 0 Å². The van der Waals surface area contributed by atoms with Gasteiger partial charge in [0.1, 0.15) is 6.04 Å². The third-order valence-electron chi connectivity index (χ3n) is 4.83. The van der Waals surface area contributed by atoms with Gasteiger partial charge in [0.05, 0.1) is 11.3 Å². The molecule has 6 heteroatoms. The molecule has 1 aromatic heterocycles. The van der Waals surface area contributed by atoms with Gasteiger partial charge in [0.25, 0.3) is 5.91 Å². The zero-order chi connectivity index (χ0) is 18.1. The number of rotatable bonds is 4. The van der Waals surface area contributed by atoms with Crippen molar-refractivity contribution < 1.29 is 9.59 Å². The van der Waals surface area contributed by atoms with E-state index < -0.39 is 6.04 Å². The van der Waals surface area contributed by atoms with Crippen molar-refractivity contribution in [2.45, 2.75) is 39.8 Å². The molecule has 3 rings (SSSR count). The molecule has 6 nitrogen and oxygen atoms in total. The van der Waals surface area contributed by atoms with Crippen molar-refractivity contribution in [2.24, 2.45) is 7.05 Å². The van der Waals surface area contributed by atoms with Crippen LogP contribution in [0.15, 0.2) is 24.3 Å². The number of nitrogens with zero attached hydrogens (tertiary/aromatic N) is 3. The Morgan fingerprint density at radius 1 is 1.24 bits per heavy atom. The molecular weight excluding hydrogens is 316 g/mol. The van der Waals surface area contributed by atoms with Gasteiger partial charge in [-0.3, -0.25) is 14.3 Å². The van der Waals surface area contributed by atoms with E-state index in [0.29, 0.717) is 30.8 Å². The van der Waals surface area contributed by atoms with Crippen LogP contribution in [0.4, 0.5) is 0 Å². The third kappa shape index (κ3) is 3.43. The van der Waals surface area contributed by atoms with E-state index in [0.717, 1.165) is 11.3 Å². The van der Waals surface area contributed by atoms with E-state index in [1.165, 1.54) is 5.56 Å². The molecule has 2 amide bonds. The number of nitrogens with one attached hydrogen (secondary N) is 1. The number of aryl methyl sites for hydroxylation is 3. The highest BCUT2D eigenvalue weighted by Gasteiger charge is 2.33. The summed E-state index contributed by atoms with van der Waals surface area (Å²) in [6.45, 7) is 6.94. The minimum Gasteiger partial charge on any atom is -0.340 e. The van der Waals surface area contributed by atoms with Crippen molar-refractivity contribution in [3.8, 4) is 0 Å². The second-order valence-electron chi connectivity index (χ2n) is 6.73. The normalized spacial score (nSPS) is 17.2. The van der Waals surface area contributed by atoms with Gasteiger partial charge in [-0.25, -0.2) is 0 Å². The lowest BCUT2D eigenvalue weighted by molar-refractivity contribution is -0.129. The Kier molecular flexibility index (Phi) is 4.61. The summed E-state index contributed by atoms with van der Waals surface area (Å²) < 4.78 is 1.68. The number of hydrogen-bond acceptors (Lipinski definition) is 3. The number of carbonyl (C=O) groups is 2. The molecule has 0 radical (unpaired) electrons. The first-order valence-corrected chi connectivity index (χ1v) is 8.52. The lowest BCUT2D eigenvalue weighted by Gasteiger charge is -2.17. The van der Waals surface area contributed by atoms with E-state index in [1.807, 2.05) is 52.1 Å². The summed E-state index contributed by atoms with van der Waals surface area (Å²) in [5.74, 6) is -0.244. The van der Waals surface area contributed by atoms with Crippen molar-refractivity contribution in [1.82, 2.24) is 20.0 Å². The minimum atomic E-state index is -0.461. The number of amides is 2. The molecule has 0 saturated carbocycles. The van der Waals surface area contributed by atoms with Crippen LogP contribution in [-0.2, 0) is 18.4 Å². The molecule has 0 spiro atoms. The average molecular weight is 340 g/mol. The summed E-state index contributed by atoms with van der Waals surface area (Å²) in [4.78, 5) is 27.0. The molecule has 1 aliphatic heterocycles. The van der Waals surface area contributed by atoms with Crippen molar-refractivity contribution in [2.75, 3.05) is 6.54 Å². The summed E-state index contributed by atoms with van der Waals surface area (Å²) in [6, 6.07) is 7.71. The van der Waals surface area contributed by atoms with Crippen molar-refractivity contribution in [3.05, 3.63) is 52.3 Å². The maximum absolute atomic E-state index is 12.6. The van der Waals surface area contributed by atoms with Crippen LogP contribution in [0.3, 0.4) is 0 Å². The monoisotopic (exact) mass is 340 g/mol. The van der Waals surface area contributed by atoms with Crippen molar-refractivity contribution in [3.63, 3.8) is 0 Å². The van der Waals surface area contributed by atoms with Gasteiger partial charge in [0, 0.05) is 25.8 Å². The lowest BCUT2D eigenvalue weighted by Crippen LogP contribution is -2.41. The quantitative estimate of drug-likeness (QED) is 0.924. The molecule has 2 aromatic rings. The largest absolute Gasteiger partial charge is 0.340 e. The summed E-state index contributed by atoms with van der Waals surface area (Å²) in [5, 5.41) is 7.14. The first kappa shape index (κ1) is 17.2. The number of benzene rings is 1. The van der Waals surface area contributed by atoms with Gasteiger partial charge in [-0.1, -0.05) is 29.8 Å². The average Bonchev–Trinajstić information content (AvgIpc) is 3.02. The second kappa shape index (κ2) is 6.70. The topological polar surface area (TPSA) is 67.2 Å². The Bertz CT molecular complexity index is 808. The van der Waals surface area contributed by atoms with E-state index >= 15 is 0 Å². The molecule has 2 heterocycles. The Balaban J connectivity index is 1.65. The molecule has 1 N–H and O–H groups in total. The molecule has 132 valence electrons. The van der Waals surface area contributed by atoms with Crippen molar-refractivity contribution in [1.29, 1.82) is 0 Å². The lowest BCUT2D eigenvalue weighted by atomic mass is 10.1. The maximum Gasteiger partial charge on any atom is 0.255 e. The van der Waals surface area contributed by atoms with Crippen LogP contribution in [-0.4, -0.2) is 39.1 Å². The van der Waals surface area contributed by atoms with Gasteiger partial charge < -0.3 is 10.2 Å². The van der Waals surface area contributed by atoms with Crippen LogP contribution in [0.1, 0.15) is 39.3 Å². The zero-order valence-electron chi connectivity index (χ0n) is 15.2. The predicted octanol–water partition coefficient (Wildman–Crippen LogP) is 1.88. The highest BCUT2D eigenvalue weighted by atomic mass is 16.2. The highest BCUT2D eigenvalue weighted by Crippen LogP contribution is 2.18. The van der Waals surface area contributed by atoms with Gasteiger partial charge in [-0.2, -0.15) is 5.10 Å². The van der Waals surface area contributed by atoms with Gasteiger partial charge >= 0.3 is 0 Å². The Labute approximate surface area is 147 Å². The predicted molar refractivity (Wildman–Crippen MR) is 95.1 cm³/mol. The number of hydrogen-bond donors (Lipinski definition) is 1. The fraction of sp³-hybridized carbons (Fsp3) is 0.421. The van der Waals surface area contributed by atoms with E-state index in [2.05, 4.69) is 10.4 Å². The van der Waals surface area contributed by atoms with E-state index in [1.54, 1.807) is 9.58 Å². The summed E-state index contributed by atoms with van der Waals surface area (Å²) in [6.07, 6.45) is 0.634. The molecule has 1 atom stereocenters. The fourth-order valence-electron chi connectivity index (χ4n) is 3.28. The maximum atomic E-state index is 12.6. The molecule has 1 unspecified atom stereocenters. The smallest absolute Gasteiger partial charge is 0.255 e. The van der Waals surface area contributed by atoms with Gasteiger partial charge in [-0.15, -0.1) is 0 Å². The van der Waals surface area contributed by atoms with Crippen LogP contribution in [0.5, 0.6) is 0 Å². The summed E-state index contributed by atoms with van der Waals surface area (Å²) in [5.41, 5.74) is 4.34. The SMILES string of the molecule is Cc1ccc(CN2CCC(NC(=O)c3c(C)nn(C)c3C)C2=O)cc1. The molecule has 1 aromatic carbocycles.